The fraction of sp³-hybridized carbons (Fsp3) is 0.385. The van der Waals surface area contributed by atoms with Gasteiger partial charge in [-0.05, 0) is 18.6 Å². The molecule has 0 radical (unpaired) electrons. The van der Waals surface area contributed by atoms with Crippen LogP contribution in [0, 0.1) is 6.92 Å². The number of nitrogens with zero attached hydrogens (tertiary/aromatic N) is 2. The van der Waals surface area contributed by atoms with Crippen LogP contribution in [0.3, 0.4) is 0 Å². The fourth-order valence-corrected chi connectivity index (χ4v) is 2.31. The Labute approximate surface area is 106 Å². The third-order valence-corrected chi connectivity index (χ3v) is 3.19. The minimum atomic E-state index is -0.889. The van der Waals surface area contributed by atoms with Crippen molar-refractivity contribution >= 4 is 23.3 Å². The van der Waals surface area contributed by atoms with Gasteiger partial charge in [-0.1, -0.05) is 12.1 Å². The van der Waals surface area contributed by atoms with Crippen molar-refractivity contribution in [2.24, 2.45) is 0 Å². The lowest BCUT2D eigenvalue weighted by atomic mass is 10.1. The molecule has 1 heterocycles. The van der Waals surface area contributed by atoms with Gasteiger partial charge in [0.05, 0.1) is 11.4 Å². The number of carboxylic acid groups (broad SMARTS) is 1. The number of aryl methyl sites for hydroxylation is 1. The normalized spacial score (nSPS) is 15.3. The van der Waals surface area contributed by atoms with Crippen molar-refractivity contribution in [3.05, 3.63) is 23.8 Å². The second-order valence-electron chi connectivity index (χ2n) is 4.46. The van der Waals surface area contributed by atoms with E-state index in [1.54, 1.807) is 16.8 Å². The summed E-state index contributed by atoms with van der Waals surface area (Å²) in [6, 6.07) is 5.67. The molecule has 96 valence electrons. The molecule has 5 heteroatoms. The van der Waals surface area contributed by atoms with E-state index in [0.717, 1.165) is 16.9 Å². The molecule has 5 nitrogen and oxygen atoms in total. The first-order valence-corrected chi connectivity index (χ1v) is 5.83. The van der Waals surface area contributed by atoms with Crippen LogP contribution in [-0.4, -0.2) is 37.1 Å². The van der Waals surface area contributed by atoms with Crippen LogP contribution in [-0.2, 0) is 9.59 Å². The number of benzene rings is 1. The molecular formula is C13H16N2O3. The lowest BCUT2D eigenvalue weighted by Gasteiger charge is -2.25. The lowest BCUT2D eigenvalue weighted by Crippen LogP contribution is -2.30. The first-order valence-electron chi connectivity index (χ1n) is 5.83. The van der Waals surface area contributed by atoms with Crippen LogP contribution in [0.1, 0.15) is 12.0 Å². The number of fused-ring (bicyclic) bond motifs is 1. The fourth-order valence-electron chi connectivity index (χ4n) is 2.31. The molecule has 0 saturated heterocycles. The topological polar surface area (TPSA) is 60.9 Å². The lowest BCUT2D eigenvalue weighted by molar-refractivity contribution is -0.135. The van der Waals surface area contributed by atoms with Crippen LogP contribution < -0.4 is 9.80 Å². The van der Waals surface area contributed by atoms with E-state index in [4.69, 9.17) is 5.11 Å². The zero-order valence-electron chi connectivity index (χ0n) is 10.5. The van der Waals surface area contributed by atoms with Gasteiger partial charge in [0.2, 0.25) is 5.91 Å². The van der Waals surface area contributed by atoms with E-state index >= 15 is 0 Å². The molecule has 0 aliphatic carbocycles. The van der Waals surface area contributed by atoms with E-state index in [2.05, 4.69) is 0 Å². The number of aliphatic carboxylic acids is 1. The summed E-state index contributed by atoms with van der Waals surface area (Å²) in [7, 11) is 1.73. The Morgan fingerprint density at radius 3 is 2.83 bits per heavy atom. The van der Waals surface area contributed by atoms with Crippen LogP contribution >= 0.6 is 0 Å². The van der Waals surface area contributed by atoms with Gasteiger partial charge in [0.25, 0.3) is 0 Å². The Balaban J connectivity index is 2.51. The Bertz CT molecular complexity index is 499. The van der Waals surface area contributed by atoms with Crippen molar-refractivity contribution in [1.82, 2.24) is 0 Å². The summed E-state index contributed by atoms with van der Waals surface area (Å²) in [4.78, 5) is 26.2. The number of hydrogen-bond acceptors (Lipinski definition) is 3. The highest BCUT2D eigenvalue weighted by Crippen LogP contribution is 2.34. The second-order valence-corrected chi connectivity index (χ2v) is 4.46. The molecule has 1 amide bonds. The number of hydrogen-bond donors (Lipinski definition) is 1. The van der Waals surface area contributed by atoms with E-state index in [-0.39, 0.29) is 12.5 Å². The summed E-state index contributed by atoms with van der Waals surface area (Å²) >= 11 is 0. The monoisotopic (exact) mass is 248 g/mol. The maximum atomic E-state index is 11.9. The average molecular weight is 248 g/mol. The minimum Gasteiger partial charge on any atom is -0.480 e. The third kappa shape index (κ3) is 2.16. The van der Waals surface area contributed by atoms with Crippen molar-refractivity contribution < 1.29 is 14.7 Å². The highest BCUT2D eigenvalue weighted by atomic mass is 16.4. The molecule has 0 bridgehead atoms. The Hall–Kier alpha value is -2.04. The van der Waals surface area contributed by atoms with Gasteiger partial charge in [0, 0.05) is 20.0 Å². The minimum absolute atomic E-state index is 0.0124. The number of carboxylic acids is 1. The van der Waals surface area contributed by atoms with Crippen LogP contribution in [0.4, 0.5) is 11.4 Å². The first kappa shape index (κ1) is 12.4. The van der Waals surface area contributed by atoms with Crippen molar-refractivity contribution in [3.8, 4) is 0 Å². The predicted octanol–water partition coefficient (Wildman–Crippen LogP) is 1.25. The number of amides is 1. The van der Waals surface area contributed by atoms with Crippen molar-refractivity contribution in [2.75, 3.05) is 29.9 Å². The summed E-state index contributed by atoms with van der Waals surface area (Å²) in [6.07, 6.45) is 0.331. The molecule has 0 saturated carbocycles. The molecule has 1 aliphatic heterocycles. The van der Waals surface area contributed by atoms with Crippen molar-refractivity contribution in [1.29, 1.82) is 0 Å². The van der Waals surface area contributed by atoms with Gasteiger partial charge in [-0.3, -0.25) is 9.59 Å². The molecule has 0 spiro atoms. The van der Waals surface area contributed by atoms with E-state index in [9.17, 15) is 9.59 Å². The SMILES string of the molecule is Cc1cccc2c1N(C)C(=O)CCN2CC(=O)O. The molecule has 1 aromatic carbocycles. The summed E-state index contributed by atoms with van der Waals surface area (Å²) < 4.78 is 0. The quantitative estimate of drug-likeness (QED) is 0.855. The standard InChI is InChI=1S/C13H16N2O3/c1-9-4-3-5-10-13(9)14(2)11(16)6-7-15(10)8-12(17)18/h3-5H,6-8H2,1-2H3,(H,17,18). The first-order chi connectivity index (χ1) is 8.50. The van der Waals surface area contributed by atoms with Gasteiger partial charge >= 0.3 is 5.97 Å². The van der Waals surface area contributed by atoms with Gasteiger partial charge in [0.15, 0.2) is 0 Å². The summed E-state index contributed by atoms with van der Waals surface area (Å²) in [5.74, 6) is -0.877. The second kappa shape index (κ2) is 4.68. The number of carbonyl (C=O) groups excluding carboxylic acids is 1. The van der Waals surface area contributed by atoms with Crippen molar-refractivity contribution in [3.63, 3.8) is 0 Å². The maximum absolute atomic E-state index is 11.9. The molecule has 0 unspecified atom stereocenters. The van der Waals surface area contributed by atoms with Crippen molar-refractivity contribution in [2.45, 2.75) is 13.3 Å². The Morgan fingerprint density at radius 1 is 1.44 bits per heavy atom. The Kier molecular flexibility index (Phi) is 3.23. The number of anilines is 2. The number of para-hydroxylation sites is 1. The molecule has 2 rings (SSSR count). The van der Waals surface area contributed by atoms with E-state index in [1.807, 2.05) is 25.1 Å². The number of rotatable bonds is 2. The smallest absolute Gasteiger partial charge is 0.323 e. The van der Waals surface area contributed by atoms with Crippen LogP contribution in [0.2, 0.25) is 0 Å². The highest BCUT2D eigenvalue weighted by Gasteiger charge is 2.25. The molecule has 0 atom stereocenters. The van der Waals surface area contributed by atoms with Gasteiger partial charge in [-0.15, -0.1) is 0 Å². The summed E-state index contributed by atoms with van der Waals surface area (Å²) in [6.45, 7) is 2.27. The summed E-state index contributed by atoms with van der Waals surface area (Å²) in [5, 5.41) is 8.94. The molecule has 1 aromatic rings. The van der Waals surface area contributed by atoms with E-state index in [0.29, 0.717) is 13.0 Å². The average Bonchev–Trinajstić information content (AvgIpc) is 2.42. The van der Waals surface area contributed by atoms with Crippen LogP contribution in [0.5, 0.6) is 0 Å². The molecular weight excluding hydrogens is 232 g/mol. The highest BCUT2D eigenvalue weighted by molar-refractivity contribution is 5.99. The molecule has 0 aromatic heterocycles. The summed E-state index contributed by atoms with van der Waals surface area (Å²) in [5.41, 5.74) is 2.59. The molecule has 1 aliphatic rings. The Morgan fingerprint density at radius 2 is 2.17 bits per heavy atom. The predicted molar refractivity (Wildman–Crippen MR) is 69.1 cm³/mol. The van der Waals surface area contributed by atoms with Gasteiger partial charge < -0.3 is 14.9 Å². The largest absolute Gasteiger partial charge is 0.480 e. The van der Waals surface area contributed by atoms with Gasteiger partial charge in [0.1, 0.15) is 6.54 Å². The van der Waals surface area contributed by atoms with E-state index in [1.165, 1.54) is 0 Å². The van der Waals surface area contributed by atoms with Crippen LogP contribution in [0.15, 0.2) is 18.2 Å². The third-order valence-electron chi connectivity index (χ3n) is 3.19. The van der Waals surface area contributed by atoms with Gasteiger partial charge in [-0.25, -0.2) is 0 Å². The zero-order chi connectivity index (χ0) is 13.3. The van der Waals surface area contributed by atoms with E-state index < -0.39 is 5.97 Å². The molecule has 1 N–H and O–H groups in total. The molecule has 18 heavy (non-hydrogen) atoms. The van der Waals surface area contributed by atoms with Gasteiger partial charge in [-0.2, -0.15) is 0 Å². The maximum Gasteiger partial charge on any atom is 0.323 e. The molecule has 0 fully saturated rings. The zero-order valence-corrected chi connectivity index (χ0v) is 10.5. The number of carbonyl (C=O) groups is 2. The van der Waals surface area contributed by atoms with Crippen LogP contribution in [0.25, 0.3) is 0 Å².